The average Bonchev–Trinajstić information content (AvgIpc) is 3.04. The Hall–Kier alpha value is -3.36. The van der Waals surface area contributed by atoms with E-state index in [0.29, 0.717) is 42.0 Å². The highest BCUT2D eigenvalue weighted by Gasteiger charge is 2.15. The van der Waals surface area contributed by atoms with Gasteiger partial charge in [0.25, 0.3) is 0 Å². The van der Waals surface area contributed by atoms with E-state index in [-0.39, 0.29) is 0 Å². The summed E-state index contributed by atoms with van der Waals surface area (Å²) in [6.45, 7) is 5.34. The first-order valence-corrected chi connectivity index (χ1v) is 8.80. The van der Waals surface area contributed by atoms with E-state index in [1.54, 1.807) is 27.5 Å². The number of nitrogens with zero attached hydrogens (tertiary/aromatic N) is 5. The summed E-state index contributed by atoms with van der Waals surface area (Å²) < 4.78 is 18.1. The molecule has 0 aliphatic carbocycles. The molecule has 28 heavy (non-hydrogen) atoms. The van der Waals surface area contributed by atoms with E-state index < -0.39 is 0 Å². The molecule has 1 aromatic carbocycles. The smallest absolute Gasteiger partial charge is 0.243 e. The summed E-state index contributed by atoms with van der Waals surface area (Å²) in [5, 5.41) is 15.7. The highest BCUT2D eigenvalue weighted by atomic mass is 16.5. The molecular formula is C19H24N6O3. The molecule has 9 nitrogen and oxygen atoms in total. The normalized spacial score (nSPS) is 10.6. The number of aromatic nitrogens is 5. The van der Waals surface area contributed by atoms with Crippen LogP contribution in [0.3, 0.4) is 0 Å². The zero-order chi connectivity index (χ0) is 20.1. The highest BCUT2D eigenvalue weighted by molar-refractivity contribution is 5.68. The first-order chi connectivity index (χ1) is 13.5. The van der Waals surface area contributed by atoms with Crippen LogP contribution in [-0.2, 0) is 6.54 Å². The van der Waals surface area contributed by atoms with Gasteiger partial charge in [0.15, 0.2) is 11.5 Å². The zero-order valence-corrected chi connectivity index (χ0v) is 16.7. The molecule has 0 saturated carbocycles. The molecule has 2 aromatic heterocycles. The molecule has 9 heteroatoms. The standard InChI is InChI=1S/C19H24N6O3/c1-12-8-13(2)25(24-12)7-6-20-19-22-15(11-21-23-19)14-9-16(26-3)18(28-5)17(10-14)27-4/h8-11H,6-7H2,1-5H3,(H,20,22,23). The molecule has 3 aromatic rings. The van der Waals surface area contributed by atoms with Gasteiger partial charge in [-0.3, -0.25) is 4.68 Å². The van der Waals surface area contributed by atoms with Crippen molar-refractivity contribution in [2.24, 2.45) is 0 Å². The lowest BCUT2D eigenvalue weighted by molar-refractivity contribution is 0.324. The first-order valence-electron chi connectivity index (χ1n) is 8.80. The van der Waals surface area contributed by atoms with Crippen LogP contribution < -0.4 is 19.5 Å². The number of methoxy groups -OCH3 is 3. The lowest BCUT2D eigenvalue weighted by Crippen LogP contribution is -2.14. The van der Waals surface area contributed by atoms with Crippen LogP contribution in [0.15, 0.2) is 24.4 Å². The lowest BCUT2D eigenvalue weighted by atomic mass is 10.1. The number of hydrogen-bond donors (Lipinski definition) is 1. The van der Waals surface area contributed by atoms with Crippen LogP contribution in [0.1, 0.15) is 11.4 Å². The van der Waals surface area contributed by atoms with Gasteiger partial charge in [0.2, 0.25) is 11.7 Å². The van der Waals surface area contributed by atoms with Gasteiger partial charge in [-0.2, -0.15) is 10.2 Å². The summed E-state index contributed by atoms with van der Waals surface area (Å²) in [5.74, 6) is 2.07. The Kier molecular flexibility index (Phi) is 5.93. The average molecular weight is 384 g/mol. The third-order valence-electron chi connectivity index (χ3n) is 4.23. The van der Waals surface area contributed by atoms with Gasteiger partial charge in [-0.1, -0.05) is 0 Å². The number of anilines is 1. The number of nitrogens with one attached hydrogen (secondary N) is 1. The van der Waals surface area contributed by atoms with Crippen LogP contribution in [0.4, 0.5) is 5.95 Å². The van der Waals surface area contributed by atoms with E-state index in [9.17, 15) is 0 Å². The van der Waals surface area contributed by atoms with Gasteiger partial charge in [0.1, 0.15) is 0 Å². The van der Waals surface area contributed by atoms with Crippen molar-refractivity contribution in [2.75, 3.05) is 33.2 Å². The topological polar surface area (TPSA) is 96.2 Å². The number of benzene rings is 1. The van der Waals surface area contributed by atoms with Crippen molar-refractivity contribution in [1.82, 2.24) is 25.0 Å². The second-order valence-corrected chi connectivity index (χ2v) is 6.16. The number of ether oxygens (including phenoxy) is 3. The Morgan fingerprint density at radius 3 is 2.29 bits per heavy atom. The van der Waals surface area contributed by atoms with Gasteiger partial charge in [0.05, 0.1) is 45.5 Å². The van der Waals surface area contributed by atoms with Crippen molar-refractivity contribution >= 4 is 5.95 Å². The quantitative estimate of drug-likeness (QED) is 0.633. The minimum absolute atomic E-state index is 0.438. The van der Waals surface area contributed by atoms with Crippen molar-refractivity contribution in [1.29, 1.82) is 0 Å². The minimum atomic E-state index is 0.438. The maximum absolute atomic E-state index is 5.40. The van der Waals surface area contributed by atoms with Crippen molar-refractivity contribution in [2.45, 2.75) is 20.4 Å². The summed E-state index contributed by atoms with van der Waals surface area (Å²) >= 11 is 0. The lowest BCUT2D eigenvalue weighted by Gasteiger charge is -2.14. The second-order valence-electron chi connectivity index (χ2n) is 6.16. The maximum atomic E-state index is 5.40. The molecule has 0 saturated heterocycles. The summed E-state index contributed by atoms with van der Waals surface area (Å²) in [4.78, 5) is 4.54. The predicted molar refractivity (Wildman–Crippen MR) is 105 cm³/mol. The van der Waals surface area contributed by atoms with Crippen LogP contribution in [0, 0.1) is 13.8 Å². The molecule has 0 aliphatic rings. The van der Waals surface area contributed by atoms with Crippen molar-refractivity contribution in [3.05, 3.63) is 35.8 Å². The molecule has 1 N–H and O–H groups in total. The Morgan fingerprint density at radius 1 is 1.00 bits per heavy atom. The highest BCUT2D eigenvalue weighted by Crippen LogP contribution is 2.40. The Morgan fingerprint density at radius 2 is 1.71 bits per heavy atom. The summed E-state index contributed by atoms with van der Waals surface area (Å²) in [7, 11) is 4.72. The predicted octanol–water partition coefficient (Wildman–Crippen LogP) is 2.49. The van der Waals surface area contributed by atoms with Crippen molar-refractivity contribution < 1.29 is 14.2 Å². The van der Waals surface area contributed by atoms with Crippen LogP contribution >= 0.6 is 0 Å². The summed E-state index contributed by atoms with van der Waals surface area (Å²) in [5.41, 5.74) is 3.54. The molecule has 0 bridgehead atoms. The Bertz CT molecular complexity index is 932. The van der Waals surface area contributed by atoms with Crippen LogP contribution in [0.25, 0.3) is 11.3 Å². The van der Waals surface area contributed by atoms with E-state index in [4.69, 9.17) is 14.2 Å². The van der Waals surface area contributed by atoms with E-state index >= 15 is 0 Å². The molecule has 0 spiro atoms. The van der Waals surface area contributed by atoms with Crippen molar-refractivity contribution in [3.8, 4) is 28.5 Å². The molecular weight excluding hydrogens is 360 g/mol. The summed E-state index contributed by atoms with van der Waals surface area (Å²) in [6, 6.07) is 5.69. The maximum Gasteiger partial charge on any atom is 0.243 e. The van der Waals surface area contributed by atoms with Crippen LogP contribution in [0.5, 0.6) is 17.2 Å². The Balaban J connectivity index is 1.78. The van der Waals surface area contributed by atoms with Crippen LogP contribution in [0.2, 0.25) is 0 Å². The van der Waals surface area contributed by atoms with E-state index in [1.807, 2.05) is 36.7 Å². The number of rotatable bonds is 8. The molecule has 2 heterocycles. The van der Waals surface area contributed by atoms with Gasteiger partial charge in [-0.05, 0) is 32.0 Å². The third-order valence-corrected chi connectivity index (χ3v) is 4.23. The molecule has 0 amide bonds. The fraction of sp³-hybridized carbons (Fsp3) is 0.368. The second kappa shape index (κ2) is 8.55. The van der Waals surface area contributed by atoms with Gasteiger partial charge in [-0.25, -0.2) is 4.98 Å². The number of aryl methyl sites for hydroxylation is 2. The molecule has 0 radical (unpaired) electrons. The molecule has 0 aliphatic heterocycles. The monoisotopic (exact) mass is 384 g/mol. The van der Waals surface area contributed by atoms with Gasteiger partial charge < -0.3 is 19.5 Å². The SMILES string of the molecule is COc1cc(-c2cnnc(NCCn3nc(C)cc3C)n2)cc(OC)c1OC. The van der Waals surface area contributed by atoms with Gasteiger partial charge >= 0.3 is 0 Å². The zero-order valence-electron chi connectivity index (χ0n) is 16.7. The third kappa shape index (κ3) is 4.13. The number of hydrogen-bond acceptors (Lipinski definition) is 8. The minimum Gasteiger partial charge on any atom is -0.493 e. The fourth-order valence-corrected chi connectivity index (χ4v) is 2.92. The van der Waals surface area contributed by atoms with Gasteiger partial charge in [-0.15, -0.1) is 5.10 Å². The van der Waals surface area contributed by atoms with Crippen molar-refractivity contribution in [3.63, 3.8) is 0 Å². The fourth-order valence-electron chi connectivity index (χ4n) is 2.92. The van der Waals surface area contributed by atoms with E-state index in [2.05, 4.69) is 25.6 Å². The molecule has 0 unspecified atom stereocenters. The first kappa shape index (κ1) is 19.4. The molecule has 148 valence electrons. The van der Waals surface area contributed by atoms with Gasteiger partial charge in [0, 0.05) is 17.8 Å². The molecule has 0 fully saturated rings. The molecule has 0 atom stereocenters. The van der Waals surface area contributed by atoms with E-state index in [0.717, 1.165) is 17.0 Å². The van der Waals surface area contributed by atoms with E-state index in [1.165, 1.54) is 0 Å². The largest absolute Gasteiger partial charge is 0.493 e. The summed E-state index contributed by atoms with van der Waals surface area (Å²) in [6.07, 6.45) is 1.59. The van der Waals surface area contributed by atoms with Crippen LogP contribution in [-0.4, -0.2) is 52.8 Å². The molecule has 3 rings (SSSR count). The Labute approximate surface area is 163 Å².